The first-order chi connectivity index (χ1) is 15.8. The smallest absolute Gasteiger partial charge is 0.246 e. The number of unbranched alkanes of at least 4 members (excludes halogenated alkanes) is 6. The molecule has 0 fully saturated rings. The summed E-state index contributed by atoms with van der Waals surface area (Å²) >= 11 is 0. The van der Waals surface area contributed by atoms with Gasteiger partial charge in [-0.05, 0) is 62.3 Å². The van der Waals surface area contributed by atoms with Gasteiger partial charge in [0.05, 0.1) is 18.2 Å². The Morgan fingerprint density at radius 2 is 1.69 bits per heavy atom. The highest BCUT2D eigenvalue weighted by Crippen LogP contribution is 2.34. The molecule has 0 atom stereocenters. The lowest BCUT2D eigenvalue weighted by Gasteiger charge is -2.10. The van der Waals surface area contributed by atoms with Gasteiger partial charge in [-0.1, -0.05) is 81.2 Å². The molecule has 0 spiro atoms. The number of nitrogens with zero attached hydrogens (tertiary/aromatic N) is 2. The summed E-state index contributed by atoms with van der Waals surface area (Å²) in [5.41, 5.74) is 1.85. The van der Waals surface area contributed by atoms with Crippen LogP contribution in [0, 0.1) is 17.9 Å². The summed E-state index contributed by atoms with van der Waals surface area (Å²) in [6, 6.07) is 15.2. The van der Waals surface area contributed by atoms with E-state index in [2.05, 4.69) is 48.2 Å². The summed E-state index contributed by atoms with van der Waals surface area (Å²) in [7, 11) is 0. The quantitative estimate of drug-likeness (QED) is 0.172. The molecule has 0 N–H and O–H groups in total. The summed E-state index contributed by atoms with van der Waals surface area (Å²) in [5.74, 6) is 1.14. The first-order valence-corrected chi connectivity index (χ1v) is 11.8. The predicted molar refractivity (Wildman–Crippen MR) is 133 cm³/mol. The summed E-state index contributed by atoms with van der Waals surface area (Å²) in [6.07, 6.45) is 21.0. The zero-order valence-electron chi connectivity index (χ0n) is 19.2. The Morgan fingerprint density at radius 1 is 0.938 bits per heavy atom. The first kappa shape index (κ1) is 25.0. The van der Waals surface area contributed by atoms with E-state index >= 15 is 0 Å². The monoisotopic (exact) mass is 426 g/mol. The molecule has 32 heavy (non-hydrogen) atoms. The normalized spacial score (nSPS) is 11.0. The molecule has 0 amide bonds. The third-order valence-electron chi connectivity index (χ3n) is 5.25. The van der Waals surface area contributed by atoms with Crippen LogP contribution in [0.15, 0.2) is 66.8 Å². The van der Waals surface area contributed by atoms with Gasteiger partial charge in [-0.15, -0.1) is 0 Å². The van der Waals surface area contributed by atoms with E-state index < -0.39 is 0 Å². The molecule has 0 unspecified atom stereocenters. The molecule has 0 bridgehead atoms. The average Bonchev–Trinajstić information content (AvgIpc) is 2.82. The van der Waals surface area contributed by atoms with Gasteiger partial charge in [0.25, 0.3) is 0 Å². The number of para-hydroxylation sites is 1. The average molecular weight is 427 g/mol. The highest BCUT2D eigenvalue weighted by molar-refractivity contribution is 5.67. The predicted octanol–water partition coefficient (Wildman–Crippen LogP) is 9.09. The van der Waals surface area contributed by atoms with Crippen molar-refractivity contribution >= 4 is 5.69 Å². The second-order valence-corrected chi connectivity index (χ2v) is 7.90. The Balaban J connectivity index is 1.68. The fraction of sp³-hybridized carbons (Fsp3) is 0.379. The molecular formula is C29H34N2O. The number of aryl methyl sites for hydroxylation is 1. The molecule has 0 saturated heterocycles. The minimum atomic E-state index is 0.267. The first-order valence-electron chi connectivity index (χ1n) is 11.8. The van der Waals surface area contributed by atoms with Crippen molar-refractivity contribution in [3.8, 4) is 17.6 Å². The number of hydrogen-bond donors (Lipinski definition) is 0. The van der Waals surface area contributed by atoms with E-state index in [1.807, 2.05) is 18.2 Å². The van der Waals surface area contributed by atoms with E-state index in [4.69, 9.17) is 11.3 Å². The molecule has 0 aliphatic carbocycles. The van der Waals surface area contributed by atoms with E-state index in [1.165, 1.54) is 56.9 Å². The fourth-order valence-electron chi connectivity index (χ4n) is 3.50. The lowest BCUT2D eigenvalue weighted by molar-refractivity contribution is 0.484. The molecule has 0 aliphatic rings. The van der Waals surface area contributed by atoms with Gasteiger partial charge < -0.3 is 4.74 Å². The van der Waals surface area contributed by atoms with Crippen LogP contribution in [0.5, 0.6) is 11.5 Å². The Labute approximate surface area is 193 Å². The third kappa shape index (κ3) is 9.23. The fourth-order valence-corrected chi connectivity index (χ4v) is 3.50. The van der Waals surface area contributed by atoms with Crippen LogP contribution in [-0.4, -0.2) is 0 Å². The Kier molecular flexibility index (Phi) is 12.1. The van der Waals surface area contributed by atoms with E-state index in [0.717, 1.165) is 12.8 Å². The Bertz CT molecular complexity index is 960. The number of allylic oxidation sites excluding steroid dienone is 4. The maximum atomic E-state index is 9.18. The van der Waals surface area contributed by atoms with Gasteiger partial charge in [0, 0.05) is 0 Å². The number of nitriles is 1. The second kappa shape index (κ2) is 15.5. The lowest BCUT2D eigenvalue weighted by atomic mass is 10.0. The van der Waals surface area contributed by atoms with Crippen molar-refractivity contribution in [1.82, 2.24) is 0 Å². The zero-order chi connectivity index (χ0) is 22.9. The number of ether oxygens (including phenoxy) is 1. The molecule has 0 radical (unpaired) electrons. The van der Waals surface area contributed by atoms with E-state index in [0.29, 0.717) is 17.1 Å². The van der Waals surface area contributed by atoms with E-state index in [9.17, 15) is 5.26 Å². The van der Waals surface area contributed by atoms with E-state index in [1.54, 1.807) is 18.2 Å². The van der Waals surface area contributed by atoms with Gasteiger partial charge in [0.2, 0.25) is 5.69 Å². The Morgan fingerprint density at radius 3 is 2.47 bits per heavy atom. The molecule has 166 valence electrons. The number of benzene rings is 2. The molecule has 0 heterocycles. The highest BCUT2D eigenvalue weighted by atomic mass is 16.5. The SMILES string of the molecule is [C-]#[N+]c1c(C#N)cccc1Oc1cccc(CCCCCCCC=CCC=CCCC)c1. The maximum Gasteiger partial charge on any atom is 0.246 e. The van der Waals surface area contributed by atoms with E-state index in [-0.39, 0.29) is 5.69 Å². The summed E-state index contributed by atoms with van der Waals surface area (Å²) in [5, 5.41) is 9.18. The lowest BCUT2D eigenvalue weighted by Crippen LogP contribution is -1.90. The van der Waals surface area contributed by atoms with Gasteiger partial charge in [0.15, 0.2) is 0 Å². The zero-order valence-corrected chi connectivity index (χ0v) is 19.2. The van der Waals surface area contributed by atoms with Gasteiger partial charge in [0.1, 0.15) is 11.5 Å². The molecule has 2 aromatic rings. The topological polar surface area (TPSA) is 37.4 Å². The van der Waals surface area contributed by atoms with Crippen molar-refractivity contribution in [2.45, 2.75) is 71.1 Å². The number of hydrogen-bond acceptors (Lipinski definition) is 2. The van der Waals surface area contributed by atoms with Crippen LogP contribution in [0.25, 0.3) is 4.85 Å². The third-order valence-corrected chi connectivity index (χ3v) is 5.25. The summed E-state index contributed by atoms with van der Waals surface area (Å²) < 4.78 is 5.93. The van der Waals surface area contributed by atoms with Crippen molar-refractivity contribution in [3.05, 3.63) is 89.3 Å². The summed E-state index contributed by atoms with van der Waals surface area (Å²) in [4.78, 5) is 3.47. The van der Waals surface area contributed by atoms with Crippen LogP contribution in [0.1, 0.15) is 75.8 Å². The Hall–Kier alpha value is -3.30. The van der Waals surface area contributed by atoms with Crippen molar-refractivity contribution in [2.75, 3.05) is 0 Å². The van der Waals surface area contributed by atoms with Crippen LogP contribution in [0.4, 0.5) is 5.69 Å². The molecule has 0 aliphatic heterocycles. The maximum absolute atomic E-state index is 9.18. The standard InChI is InChI=1S/C29H34N2O/c1-3-4-5-6-7-8-9-10-11-12-13-14-15-18-25-19-16-21-27(23-25)32-28-22-17-20-26(24-30)29(28)31-2/h5-6,8-9,16-17,19-23H,3-4,7,10-15,18H2,1H3. The largest absolute Gasteiger partial charge is 0.468 e. The minimum absolute atomic E-state index is 0.267. The summed E-state index contributed by atoms with van der Waals surface area (Å²) in [6.45, 7) is 9.55. The molecule has 2 rings (SSSR count). The van der Waals surface area contributed by atoms with Crippen LogP contribution < -0.4 is 4.74 Å². The van der Waals surface area contributed by atoms with Crippen LogP contribution >= 0.6 is 0 Å². The van der Waals surface area contributed by atoms with Crippen LogP contribution in [0.3, 0.4) is 0 Å². The van der Waals surface area contributed by atoms with Crippen molar-refractivity contribution in [3.63, 3.8) is 0 Å². The molecule has 0 saturated carbocycles. The van der Waals surface area contributed by atoms with Crippen molar-refractivity contribution < 1.29 is 4.74 Å². The highest BCUT2D eigenvalue weighted by Gasteiger charge is 2.10. The molecule has 2 aromatic carbocycles. The van der Waals surface area contributed by atoms with Gasteiger partial charge in [-0.3, -0.25) is 0 Å². The van der Waals surface area contributed by atoms with Gasteiger partial charge in [-0.2, -0.15) is 5.26 Å². The minimum Gasteiger partial charge on any atom is -0.468 e. The van der Waals surface area contributed by atoms with Crippen LogP contribution in [-0.2, 0) is 6.42 Å². The van der Waals surface area contributed by atoms with Gasteiger partial charge in [-0.25, -0.2) is 4.85 Å². The van der Waals surface area contributed by atoms with Crippen molar-refractivity contribution in [2.24, 2.45) is 0 Å². The molecular weight excluding hydrogens is 392 g/mol. The molecule has 3 nitrogen and oxygen atoms in total. The molecule has 3 heteroatoms. The molecule has 0 aromatic heterocycles. The van der Waals surface area contributed by atoms with Crippen molar-refractivity contribution in [1.29, 1.82) is 5.26 Å². The van der Waals surface area contributed by atoms with Crippen LogP contribution in [0.2, 0.25) is 0 Å². The van der Waals surface area contributed by atoms with Gasteiger partial charge >= 0.3 is 0 Å². The second-order valence-electron chi connectivity index (χ2n) is 7.90. The number of rotatable bonds is 14.